The van der Waals surface area contributed by atoms with Gasteiger partial charge in [0.25, 0.3) is 5.56 Å². The van der Waals surface area contributed by atoms with Crippen molar-refractivity contribution in [3.05, 3.63) is 92.2 Å². The Morgan fingerprint density at radius 1 is 1.13 bits per heavy atom. The average Bonchev–Trinajstić information content (AvgIpc) is 3.13. The Morgan fingerprint density at radius 3 is 2.57 bits per heavy atom. The molecule has 0 aliphatic rings. The minimum atomic E-state index is -1.07. The Kier molecular flexibility index (Phi) is 5.33. The second-order valence-corrected chi connectivity index (χ2v) is 7.93. The van der Waals surface area contributed by atoms with E-state index in [1.807, 2.05) is 62.4 Å². The van der Waals surface area contributed by atoms with Crippen LogP contribution in [0.15, 0.2) is 59.4 Å². The number of aromatic carboxylic acids is 1. The molecule has 1 N–H and O–H groups in total. The van der Waals surface area contributed by atoms with E-state index in [1.165, 1.54) is 4.40 Å². The van der Waals surface area contributed by atoms with E-state index >= 15 is 0 Å². The van der Waals surface area contributed by atoms with E-state index in [-0.39, 0.29) is 10.4 Å². The van der Waals surface area contributed by atoms with Gasteiger partial charge in [0.2, 0.25) is 0 Å². The first kappa shape index (κ1) is 19.8. The highest BCUT2D eigenvalue weighted by Gasteiger charge is 2.23. The number of thiazole rings is 1. The molecule has 30 heavy (non-hydrogen) atoms. The maximum absolute atomic E-state index is 13.4. The standard InChI is InChI=1S/C24H20N2O3S/c1-3-18-19(13-12-16-9-7-8-15(2)14-16)25-24-26(22(18)27)20(21(30-24)23(28)29)17-10-5-4-6-11-17/h4-14H,3H2,1-2H3,(H,28,29). The van der Waals surface area contributed by atoms with Gasteiger partial charge >= 0.3 is 5.97 Å². The lowest BCUT2D eigenvalue weighted by Gasteiger charge is -2.07. The van der Waals surface area contributed by atoms with Gasteiger partial charge in [0.1, 0.15) is 4.88 Å². The highest BCUT2D eigenvalue weighted by atomic mass is 32.1. The third-order valence-corrected chi connectivity index (χ3v) is 5.91. The Labute approximate surface area is 177 Å². The zero-order valence-electron chi connectivity index (χ0n) is 16.6. The Morgan fingerprint density at radius 2 is 1.90 bits per heavy atom. The predicted molar refractivity (Wildman–Crippen MR) is 121 cm³/mol. The molecule has 0 bridgehead atoms. The molecule has 0 amide bonds. The summed E-state index contributed by atoms with van der Waals surface area (Å²) < 4.78 is 1.44. The molecule has 0 fully saturated rings. The second-order valence-electron chi connectivity index (χ2n) is 6.95. The van der Waals surface area contributed by atoms with Crippen LogP contribution in [-0.2, 0) is 6.42 Å². The van der Waals surface area contributed by atoms with Crippen LogP contribution in [0.25, 0.3) is 28.4 Å². The lowest BCUT2D eigenvalue weighted by molar-refractivity contribution is 0.0702. The van der Waals surface area contributed by atoms with Crippen LogP contribution in [0.4, 0.5) is 0 Å². The molecule has 150 valence electrons. The van der Waals surface area contributed by atoms with Gasteiger partial charge in [-0.15, -0.1) is 0 Å². The highest BCUT2D eigenvalue weighted by molar-refractivity contribution is 7.19. The molecule has 4 rings (SSSR count). The molecule has 0 atom stereocenters. The van der Waals surface area contributed by atoms with Gasteiger partial charge in [0.15, 0.2) is 4.96 Å². The van der Waals surface area contributed by atoms with Gasteiger partial charge in [-0.05, 0) is 25.0 Å². The number of hydrogen-bond acceptors (Lipinski definition) is 4. The molecule has 0 spiro atoms. The lowest BCUT2D eigenvalue weighted by Crippen LogP contribution is -2.21. The first-order valence-electron chi connectivity index (χ1n) is 9.61. The minimum absolute atomic E-state index is 0.104. The number of carboxylic acid groups (broad SMARTS) is 1. The molecule has 0 radical (unpaired) electrons. The van der Waals surface area contributed by atoms with Gasteiger partial charge in [0, 0.05) is 11.1 Å². The van der Waals surface area contributed by atoms with Crippen molar-refractivity contribution in [2.75, 3.05) is 0 Å². The molecule has 6 heteroatoms. The number of benzene rings is 2. The molecule has 2 aromatic carbocycles. The van der Waals surface area contributed by atoms with Crippen molar-refractivity contribution in [2.24, 2.45) is 0 Å². The number of rotatable bonds is 5. The largest absolute Gasteiger partial charge is 0.477 e. The van der Waals surface area contributed by atoms with Crippen LogP contribution >= 0.6 is 11.3 Å². The summed E-state index contributed by atoms with van der Waals surface area (Å²) in [6, 6.07) is 17.1. The number of nitrogens with zero attached hydrogens (tertiary/aromatic N) is 2. The topological polar surface area (TPSA) is 71.7 Å². The van der Waals surface area contributed by atoms with Gasteiger partial charge < -0.3 is 5.11 Å². The number of fused-ring (bicyclic) bond motifs is 1. The van der Waals surface area contributed by atoms with Crippen molar-refractivity contribution in [2.45, 2.75) is 20.3 Å². The number of aromatic nitrogens is 2. The summed E-state index contributed by atoms with van der Waals surface area (Å²) in [4.78, 5) is 30.4. The van der Waals surface area contributed by atoms with Crippen molar-refractivity contribution in [1.82, 2.24) is 9.38 Å². The summed E-state index contributed by atoms with van der Waals surface area (Å²) in [6.45, 7) is 3.93. The Hall–Kier alpha value is -3.51. The lowest BCUT2D eigenvalue weighted by atomic mass is 10.1. The third-order valence-electron chi connectivity index (χ3n) is 4.88. The van der Waals surface area contributed by atoms with E-state index in [2.05, 4.69) is 11.1 Å². The van der Waals surface area contributed by atoms with Crippen LogP contribution in [0, 0.1) is 6.92 Å². The zero-order chi connectivity index (χ0) is 21.3. The van der Waals surface area contributed by atoms with Gasteiger partial charge in [-0.1, -0.05) is 84.5 Å². The molecule has 4 aromatic rings. The molecule has 5 nitrogen and oxygen atoms in total. The average molecular weight is 417 g/mol. The molecule has 0 aliphatic carbocycles. The molecule has 0 unspecified atom stereocenters. The molecular weight excluding hydrogens is 396 g/mol. The summed E-state index contributed by atoms with van der Waals surface area (Å²) in [5, 5.41) is 9.75. The van der Waals surface area contributed by atoms with Crippen molar-refractivity contribution < 1.29 is 9.90 Å². The van der Waals surface area contributed by atoms with Gasteiger partial charge in [-0.3, -0.25) is 4.79 Å². The minimum Gasteiger partial charge on any atom is -0.477 e. The summed E-state index contributed by atoms with van der Waals surface area (Å²) in [5.41, 5.74) is 4.12. The van der Waals surface area contributed by atoms with E-state index in [0.717, 1.165) is 22.5 Å². The molecule has 2 heterocycles. The summed E-state index contributed by atoms with van der Waals surface area (Å²) in [6.07, 6.45) is 4.25. The maximum Gasteiger partial charge on any atom is 0.348 e. The monoisotopic (exact) mass is 416 g/mol. The highest BCUT2D eigenvalue weighted by Crippen LogP contribution is 2.31. The third kappa shape index (κ3) is 3.57. The summed E-state index contributed by atoms with van der Waals surface area (Å²) in [7, 11) is 0. The van der Waals surface area contributed by atoms with Crippen LogP contribution in [-0.4, -0.2) is 20.5 Å². The SMILES string of the molecule is CCc1c(C=Cc2cccc(C)c2)nc2sc(C(=O)O)c(-c3ccccc3)n2c1=O. The van der Waals surface area contributed by atoms with Crippen LogP contribution in [0.3, 0.4) is 0 Å². The second kappa shape index (κ2) is 8.08. The van der Waals surface area contributed by atoms with E-state index in [4.69, 9.17) is 0 Å². The first-order valence-corrected chi connectivity index (χ1v) is 10.4. The quantitative estimate of drug-likeness (QED) is 0.488. The van der Waals surface area contributed by atoms with E-state index in [1.54, 1.807) is 12.1 Å². The van der Waals surface area contributed by atoms with Gasteiger partial charge in [0.05, 0.1) is 11.4 Å². The number of carboxylic acids is 1. The molecule has 0 aliphatic heterocycles. The van der Waals surface area contributed by atoms with Crippen molar-refractivity contribution in [1.29, 1.82) is 0 Å². The van der Waals surface area contributed by atoms with Crippen LogP contribution in [0.5, 0.6) is 0 Å². The maximum atomic E-state index is 13.4. The van der Waals surface area contributed by atoms with Gasteiger partial charge in [-0.25, -0.2) is 14.2 Å². The van der Waals surface area contributed by atoms with Crippen molar-refractivity contribution in [3.8, 4) is 11.3 Å². The Bertz CT molecular complexity index is 1330. The number of hydrogen-bond donors (Lipinski definition) is 1. The fourth-order valence-electron chi connectivity index (χ4n) is 3.48. The smallest absolute Gasteiger partial charge is 0.348 e. The normalized spacial score (nSPS) is 11.4. The molecule has 0 saturated heterocycles. The molecule has 0 saturated carbocycles. The van der Waals surface area contributed by atoms with Crippen LogP contribution < -0.4 is 5.56 Å². The predicted octanol–water partition coefficient (Wildman–Crippen LogP) is 5.16. The van der Waals surface area contributed by atoms with Crippen molar-refractivity contribution in [3.63, 3.8) is 0 Å². The fourth-order valence-corrected chi connectivity index (χ4v) is 4.46. The van der Waals surface area contributed by atoms with Crippen LogP contribution in [0.2, 0.25) is 0 Å². The molecular formula is C24H20N2O3S. The molecule has 2 aromatic heterocycles. The summed E-state index contributed by atoms with van der Waals surface area (Å²) in [5.74, 6) is -1.07. The van der Waals surface area contributed by atoms with Crippen molar-refractivity contribution >= 4 is 34.4 Å². The van der Waals surface area contributed by atoms with E-state index in [9.17, 15) is 14.7 Å². The Balaban J connectivity index is 1.96. The van der Waals surface area contributed by atoms with E-state index in [0.29, 0.717) is 33.9 Å². The van der Waals surface area contributed by atoms with Crippen LogP contribution in [0.1, 0.15) is 39.0 Å². The number of carbonyl (C=O) groups is 1. The zero-order valence-corrected chi connectivity index (χ0v) is 17.4. The first-order chi connectivity index (χ1) is 14.5. The number of aryl methyl sites for hydroxylation is 1. The fraction of sp³-hybridized carbons (Fsp3) is 0.125. The van der Waals surface area contributed by atoms with Gasteiger partial charge in [-0.2, -0.15) is 0 Å². The summed E-state index contributed by atoms with van der Waals surface area (Å²) >= 11 is 1.02. The van der Waals surface area contributed by atoms with E-state index < -0.39 is 5.97 Å².